The molecule has 0 aliphatic carbocycles. The van der Waals surface area contributed by atoms with Crippen molar-refractivity contribution in [2.75, 3.05) is 18.5 Å². The summed E-state index contributed by atoms with van der Waals surface area (Å²) in [6.45, 7) is 3.27. The van der Waals surface area contributed by atoms with E-state index < -0.39 is 0 Å². The fourth-order valence-corrected chi connectivity index (χ4v) is 3.23. The number of fused-ring (bicyclic) bond motifs is 1. The predicted molar refractivity (Wildman–Crippen MR) is 78.9 cm³/mol. The van der Waals surface area contributed by atoms with Crippen LogP contribution in [0.5, 0.6) is 5.75 Å². The molecule has 2 heteroatoms. The third-order valence-corrected chi connectivity index (χ3v) is 4.06. The number of anilines is 1. The second-order valence-corrected chi connectivity index (χ2v) is 5.78. The smallest absolute Gasteiger partial charge is 0.116 e. The molecule has 1 atom stereocenters. The summed E-state index contributed by atoms with van der Waals surface area (Å²) in [4.78, 5) is 2.28. The van der Waals surface area contributed by atoms with Crippen molar-refractivity contribution in [3.8, 4) is 5.75 Å². The van der Waals surface area contributed by atoms with Gasteiger partial charge in [-0.15, -0.1) is 0 Å². The van der Waals surface area contributed by atoms with Crippen LogP contribution in [0.15, 0.2) is 48.5 Å². The van der Waals surface area contributed by atoms with E-state index in [0.717, 1.165) is 13.0 Å². The number of likely N-dealkylation sites (N-methyl/N-ethyl adjacent to an activating group) is 1. The molecule has 2 aromatic carbocycles. The Morgan fingerprint density at radius 2 is 1.89 bits per heavy atom. The van der Waals surface area contributed by atoms with Crippen LogP contribution in [0, 0.1) is 0 Å². The molecule has 1 unspecified atom stereocenters. The van der Waals surface area contributed by atoms with Crippen molar-refractivity contribution in [3.63, 3.8) is 0 Å². The maximum atomic E-state index is 9.76. The van der Waals surface area contributed by atoms with Gasteiger partial charge in [0.15, 0.2) is 0 Å². The Balaban J connectivity index is 2.00. The quantitative estimate of drug-likeness (QED) is 0.887. The van der Waals surface area contributed by atoms with Gasteiger partial charge in [-0.25, -0.2) is 0 Å². The molecule has 1 heterocycles. The van der Waals surface area contributed by atoms with Gasteiger partial charge in [0.05, 0.1) is 0 Å². The molecule has 0 amide bonds. The molecule has 1 aliphatic rings. The first-order valence-corrected chi connectivity index (χ1v) is 6.67. The van der Waals surface area contributed by atoms with Gasteiger partial charge in [0.2, 0.25) is 0 Å². The summed E-state index contributed by atoms with van der Waals surface area (Å²) >= 11 is 0. The van der Waals surface area contributed by atoms with Crippen LogP contribution in [-0.2, 0) is 11.8 Å². The fraction of sp³-hybridized carbons (Fsp3) is 0.294. The summed E-state index contributed by atoms with van der Waals surface area (Å²) in [5.74, 6) is 0.355. The molecule has 98 valence electrons. The topological polar surface area (TPSA) is 23.5 Å². The van der Waals surface area contributed by atoms with Crippen LogP contribution in [0.1, 0.15) is 18.1 Å². The van der Waals surface area contributed by atoms with Gasteiger partial charge in [-0.1, -0.05) is 37.3 Å². The molecule has 2 aromatic rings. The molecule has 2 nitrogen and oxygen atoms in total. The van der Waals surface area contributed by atoms with Crippen LogP contribution < -0.4 is 4.90 Å². The number of rotatable bonds is 2. The average molecular weight is 253 g/mol. The highest BCUT2D eigenvalue weighted by molar-refractivity contribution is 5.64. The van der Waals surface area contributed by atoms with Crippen LogP contribution in [0.3, 0.4) is 0 Å². The second kappa shape index (κ2) is 4.30. The van der Waals surface area contributed by atoms with Crippen molar-refractivity contribution in [3.05, 3.63) is 59.7 Å². The van der Waals surface area contributed by atoms with E-state index in [2.05, 4.69) is 43.1 Å². The van der Waals surface area contributed by atoms with Gasteiger partial charge in [-0.05, 0) is 35.7 Å². The van der Waals surface area contributed by atoms with Crippen LogP contribution in [0.4, 0.5) is 5.69 Å². The summed E-state index contributed by atoms with van der Waals surface area (Å²) < 4.78 is 0. The molecular weight excluding hydrogens is 234 g/mol. The lowest BCUT2D eigenvalue weighted by Gasteiger charge is -2.25. The van der Waals surface area contributed by atoms with Crippen LogP contribution in [0.2, 0.25) is 0 Å². The van der Waals surface area contributed by atoms with Crippen molar-refractivity contribution < 1.29 is 5.11 Å². The Morgan fingerprint density at radius 3 is 2.63 bits per heavy atom. The predicted octanol–water partition coefficient (Wildman–Crippen LogP) is 3.34. The molecule has 1 aliphatic heterocycles. The Bertz CT molecular complexity index is 593. The highest BCUT2D eigenvalue weighted by atomic mass is 16.3. The minimum atomic E-state index is 0.0597. The highest BCUT2D eigenvalue weighted by Gasteiger charge is 2.37. The van der Waals surface area contributed by atoms with Gasteiger partial charge in [-0.3, -0.25) is 0 Å². The van der Waals surface area contributed by atoms with Crippen molar-refractivity contribution in [2.24, 2.45) is 0 Å². The summed E-state index contributed by atoms with van der Waals surface area (Å²) in [6, 6.07) is 16.3. The third kappa shape index (κ3) is 2.07. The van der Waals surface area contributed by atoms with E-state index in [9.17, 15) is 5.11 Å². The molecular formula is C17H19NO. The minimum absolute atomic E-state index is 0.0597. The largest absolute Gasteiger partial charge is 0.508 e. The van der Waals surface area contributed by atoms with E-state index in [4.69, 9.17) is 0 Å². The van der Waals surface area contributed by atoms with Gasteiger partial charge >= 0.3 is 0 Å². The van der Waals surface area contributed by atoms with Gasteiger partial charge in [-0.2, -0.15) is 0 Å². The van der Waals surface area contributed by atoms with Crippen molar-refractivity contribution in [2.45, 2.75) is 18.8 Å². The number of aromatic hydroxyl groups is 1. The zero-order valence-electron chi connectivity index (χ0n) is 11.4. The molecule has 0 saturated carbocycles. The zero-order chi connectivity index (χ0) is 13.5. The van der Waals surface area contributed by atoms with Gasteiger partial charge < -0.3 is 10.0 Å². The zero-order valence-corrected chi connectivity index (χ0v) is 11.4. The molecule has 1 N–H and O–H groups in total. The highest BCUT2D eigenvalue weighted by Crippen LogP contribution is 2.43. The summed E-state index contributed by atoms with van der Waals surface area (Å²) in [5, 5.41) is 9.76. The molecule has 3 rings (SSSR count). The van der Waals surface area contributed by atoms with Crippen molar-refractivity contribution in [1.82, 2.24) is 0 Å². The van der Waals surface area contributed by atoms with Crippen LogP contribution in [0.25, 0.3) is 0 Å². The first-order chi connectivity index (χ1) is 9.08. The summed E-state index contributed by atoms with van der Waals surface area (Å²) in [5.41, 5.74) is 3.88. The Hall–Kier alpha value is -1.96. The standard InChI is InChI=1S/C17H19NO/c1-17(11-13-6-4-3-5-7-13)12-18(2)16-9-8-14(19)10-15(16)17/h3-10,19H,11-12H2,1-2H3. The molecule has 19 heavy (non-hydrogen) atoms. The van der Waals surface area contributed by atoms with Gasteiger partial charge in [0, 0.05) is 24.7 Å². The lowest BCUT2D eigenvalue weighted by molar-refractivity contribution is 0.466. The van der Waals surface area contributed by atoms with Crippen LogP contribution >= 0.6 is 0 Å². The average Bonchev–Trinajstić information content (AvgIpc) is 2.62. The van der Waals surface area contributed by atoms with E-state index in [0.29, 0.717) is 5.75 Å². The first kappa shape index (κ1) is 12.1. The monoisotopic (exact) mass is 253 g/mol. The number of hydrogen-bond donors (Lipinski definition) is 1. The first-order valence-electron chi connectivity index (χ1n) is 6.67. The molecule has 0 aromatic heterocycles. The maximum absolute atomic E-state index is 9.76. The van der Waals surface area contributed by atoms with Crippen LogP contribution in [-0.4, -0.2) is 18.7 Å². The van der Waals surface area contributed by atoms with E-state index >= 15 is 0 Å². The Labute approximate surface area is 114 Å². The number of phenols is 1. The SMILES string of the molecule is CN1CC(C)(Cc2ccccc2)c2cc(O)ccc21. The molecule has 0 saturated heterocycles. The Morgan fingerprint density at radius 1 is 1.16 bits per heavy atom. The third-order valence-electron chi connectivity index (χ3n) is 4.06. The summed E-state index contributed by atoms with van der Waals surface area (Å²) in [7, 11) is 2.12. The van der Waals surface area contributed by atoms with Gasteiger partial charge in [0.25, 0.3) is 0 Å². The van der Waals surface area contributed by atoms with E-state index in [-0.39, 0.29) is 5.41 Å². The van der Waals surface area contributed by atoms with Crippen molar-refractivity contribution in [1.29, 1.82) is 0 Å². The number of benzene rings is 2. The van der Waals surface area contributed by atoms with Crippen molar-refractivity contribution >= 4 is 5.69 Å². The number of hydrogen-bond acceptors (Lipinski definition) is 2. The maximum Gasteiger partial charge on any atom is 0.116 e. The lowest BCUT2D eigenvalue weighted by Crippen LogP contribution is -2.30. The molecule has 0 radical (unpaired) electrons. The van der Waals surface area contributed by atoms with E-state index in [1.165, 1.54) is 16.8 Å². The molecule has 0 spiro atoms. The minimum Gasteiger partial charge on any atom is -0.508 e. The van der Waals surface area contributed by atoms with Gasteiger partial charge in [0.1, 0.15) is 5.75 Å². The molecule has 0 fully saturated rings. The second-order valence-electron chi connectivity index (χ2n) is 5.78. The number of nitrogens with zero attached hydrogens (tertiary/aromatic N) is 1. The summed E-state index contributed by atoms with van der Waals surface area (Å²) in [6.07, 6.45) is 0.995. The lowest BCUT2D eigenvalue weighted by atomic mass is 9.79. The van der Waals surface area contributed by atoms with E-state index in [1.807, 2.05) is 18.2 Å². The number of phenolic OH excluding ortho intramolecular Hbond substituents is 1. The molecule has 0 bridgehead atoms. The normalized spacial score (nSPS) is 21.5. The Kier molecular flexibility index (Phi) is 2.74. The van der Waals surface area contributed by atoms with E-state index in [1.54, 1.807) is 6.07 Å². The fourth-order valence-electron chi connectivity index (χ4n) is 3.23.